The minimum atomic E-state index is -0.344. The van der Waals surface area contributed by atoms with Gasteiger partial charge in [-0.2, -0.15) is 0 Å². The lowest BCUT2D eigenvalue weighted by Gasteiger charge is -2.09. The number of aryl methyl sites for hydroxylation is 1. The molecule has 1 aromatic carbocycles. The van der Waals surface area contributed by atoms with Gasteiger partial charge in [-0.05, 0) is 25.1 Å². The molecular formula is C14H14ClFN2O. The normalized spacial score (nSPS) is 10.3. The molecule has 100 valence electrons. The molecule has 19 heavy (non-hydrogen) atoms. The standard InChI is InChI=1S/C14H14ClFN2O/c1-9-5-12(19-2)7-11(18-9)8-17-14-6-10(15)3-4-13(14)16/h3-7,17H,8H2,1-2H3. The molecule has 1 heterocycles. The number of hydrogen-bond acceptors (Lipinski definition) is 3. The molecule has 0 spiro atoms. The zero-order valence-electron chi connectivity index (χ0n) is 10.7. The maximum Gasteiger partial charge on any atom is 0.146 e. The van der Waals surface area contributed by atoms with Gasteiger partial charge in [0, 0.05) is 22.8 Å². The summed E-state index contributed by atoms with van der Waals surface area (Å²) in [7, 11) is 1.60. The quantitative estimate of drug-likeness (QED) is 0.925. The highest BCUT2D eigenvalue weighted by molar-refractivity contribution is 6.30. The topological polar surface area (TPSA) is 34.1 Å². The van der Waals surface area contributed by atoms with Crippen molar-refractivity contribution in [3.8, 4) is 5.75 Å². The molecule has 0 fully saturated rings. The van der Waals surface area contributed by atoms with Crippen LogP contribution < -0.4 is 10.1 Å². The molecule has 0 unspecified atom stereocenters. The van der Waals surface area contributed by atoms with Gasteiger partial charge in [0.2, 0.25) is 0 Å². The van der Waals surface area contributed by atoms with E-state index in [0.29, 0.717) is 17.3 Å². The van der Waals surface area contributed by atoms with E-state index in [0.717, 1.165) is 17.1 Å². The van der Waals surface area contributed by atoms with Crippen LogP contribution in [0.5, 0.6) is 5.75 Å². The third-order valence-electron chi connectivity index (χ3n) is 2.60. The molecule has 2 rings (SSSR count). The van der Waals surface area contributed by atoms with Crippen LogP contribution in [0.2, 0.25) is 5.02 Å². The predicted molar refractivity (Wildman–Crippen MR) is 74.3 cm³/mol. The van der Waals surface area contributed by atoms with Crippen LogP contribution in [0.3, 0.4) is 0 Å². The molecule has 2 aromatic rings. The Morgan fingerprint density at radius 3 is 2.84 bits per heavy atom. The molecule has 0 aliphatic heterocycles. The number of nitrogens with one attached hydrogen (secondary N) is 1. The SMILES string of the molecule is COc1cc(C)nc(CNc2cc(Cl)ccc2F)c1. The summed E-state index contributed by atoms with van der Waals surface area (Å²) in [6.45, 7) is 2.28. The van der Waals surface area contributed by atoms with E-state index in [-0.39, 0.29) is 5.82 Å². The molecule has 1 N–H and O–H groups in total. The van der Waals surface area contributed by atoms with E-state index >= 15 is 0 Å². The molecule has 0 saturated heterocycles. The number of nitrogens with zero attached hydrogens (tertiary/aromatic N) is 1. The highest BCUT2D eigenvalue weighted by Gasteiger charge is 2.04. The maximum absolute atomic E-state index is 13.5. The number of anilines is 1. The Bertz CT molecular complexity index is 590. The van der Waals surface area contributed by atoms with Crippen molar-refractivity contribution in [1.82, 2.24) is 4.98 Å². The fraction of sp³-hybridized carbons (Fsp3) is 0.214. The largest absolute Gasteiger partial charge is 0.497 e. The molecule has 0 aliphatic rings. The second-order valence-corrected chi connectivity index (χ2v) is 4.55. The Morgan fingerprint density at radius 1 is 1.32 bits per heavy atom. The fourth-order valence-corrected chi connectivity index (χ4v) is 1.90. The van der Waals surface area contributed by atoms with E-state index in [1.165, 1.54) is 12.1 Å². The Labute approximate surface area is 116 Å². The molecule has 0 radical (unpaired) electrons. The first-order valence-electron chi connectivity index (χ1n) is 5.79. The van der Waals surface area contributed by atoms with Crippen LogP contribution in [-0.2, 0) is 6.54 Å². The lowest BCUT2D eigenvalue weighted by atomic mass is 10.2. The summed E-state index contributed by atoms with van der Waals surface area (Å²) >= 11 is 5.83. The van der Waals surface area contributed by atoms with Crippen molar-refractivity contribution in [2.24, 2.45) is 0 Å². The second kappa shape index (κ2) is 5.89. The van der Waals surface area contributed by atoms with Crippen molar-refractivity contribution in [2.45, 2.75) is 13.5 Å². The van der Waals surface area contributed by atoms with Crippen molar-refractivity contribution < 1.29 is 9.13 Å². The van der Waals surface area contributed by atoms with E-state index in [1.807, 2.05) is 19.1 Å². The lowest BCUT2D eigenvalue weighted by Crippen LogP contribution is -2.04. The lowest BCUT2D eigenvalue weighted by molar-refractivity contribution is 0.413. The Morgan fingerprint density at radius 2 is 2.11 bits per heavy atom. The molecule has 0 amide bonds. The van der Waals surface area contributed by atoms with Gasteiger partial charge < -0.3 is 10.1 Å². The van der Waals surface area contributed by atoms with Gasteiger partial charge in [0.25, 0.3) is 0 Å². The summed E-state index contributed by atoms with van der Waals surface area (Å²) in [5, 5.41) is 3.46. The van der Waals surface area contributed by atoms with Gasteiger partial charge in [0.15, 0.2) is 0 Å². The number of benzene rings is 1. The minimum absolute atomic E-state index is 0.344. The predicted octanol–water partition coefficient (Wildman–Crippen LogP) is 3.80. The van der Waals surface area contributed by atoms with Crippen LogP contribution in [0.25, 0.3) is 0 Å². The number of pyridine rings is 1. The maximum atomic E-state index is 13.5. The van der Waals surface area contributed by atoms with Crippen LogP contribution in [-0.4, -0.2) is 12.1 Å². The second-order valence-electron chi connectivity index (χ2n) is 4.12. The average Bonchev–Trinajstić information content (AvgIpc) is 2.39. The number of halogens is 2. The molecule has 0 atom stereocenters. The minimum Gasteiger partial charge on any atom is -0.497 e. The van der Waals surface area contributed by atoms with Gasteiger partial charge >= 0.3 is 0 Å². The van der Waals surface area contributed by atoms with Crippen molar-refractivity contribution >= 4 is 17.3 Å². The third-order valence-corrected chi connectivity index (χ3v) is 2.84. The Balaban J connectivity index is 2.14. The molecule has 1 aromatic heterocycles. The summed E-state index contributed by atoms with van der Waals surface area (Å²) in [5.41, 5.74) is 1.98. The van der Waals surface area contributed by atoms with Crippen LogP contribution in [0.4, 0.5) is 10.1 Å². The summed E-state index contributed by atoms with van der Waals surface area (Å²) in [5.74, 6) is 0.389. The number of methoxy groups -OCH3 is 1. The molecule has 3 nitrogen and oxygen atoms in total. The van der Waals surface area contributed by atoms with Gasteiger partial charge in [0.1, 0.15) is 11.6 Å². The number of ether oxygens (including phenoxy) is 1. The first-order valence-corrected chi connectivity index (χ1v) is 6.17. The summed E-state index contributed by atoms with van der Waals surface area (Å²) < 4.78 is 18.7. The number of hydrogen-bond donors (Lipinski definition) is 1. The molecule has 0 saturated carbocycles. The number of aromatic nitrogens is 1. The molecule has 5 heteroatoms. The van der Waals surface area contributed by atoms with Crippen molar-refractivity contribution in [3.63, 3.8) is 0 Å². The van der Waals surface area contributed by atoms with E-state index in [2.05, 4.69) is 10.3 Å². The summed E-state index contributed by atoms with van der Waals surface area (Å²) in [6.07, 6.45) is 0. The van der Waals surface area contributed by atoms with Gasteiger partial charge in [0.05, 0.1) is 25.0 Å². The molecule has 0 aliphatic carbocycles. The average molecular weight is 281 g/mol. The fourth-order valence-electron chi connectivity index (χ4n) is 1.73. The molecule has 0 bridgehead atoms. The highest BCUT2D eigenvalue weighted by Crippen LogP contribution is 2.21. The van der Waals surface area contributed by atoms with E-state index in [9.17, 15) is 4.39 Å². The van der Waals surface area contributed by atoms with Gasteiger partial charge in [-0.3, -0.25) is 4.98 Å². The van der Waals surface area contributed by atoms with Crippen molar-refractivity contribution in [1.29, 1.82) is 0 Å². The Kier molecular flexibility index (Phi) is 4.22. The van der Waals surface area contributed by atoms with Gasteiger partial charge in [-0.25, -0.2) is 4.39 Å². The van der Waals surface area contributed by atoms with Crippen LogP contribution >= 0.6 is 11.6 Å². The smallest absolute Gasteiger partial charge is 0.146 e. The zero-order valence-corrected chi connectivity index (χ0v) is 11.5. The summed E-state index contributed by atoms with van der Waals surface area (Å²) in [6, 6.07) is 8.03. The van der Waals surface area contributed by atoms with Crippen LogP contribution in [0, 0.1) is 12.7 Å². The Hall–Kier alpha value is -1.81. The van der Waals surface area contributed by atoms with Crippen LogP contribution in [0.1, 0.15) is 11.4 Å². The summed E-state index contributed by atoms with van der Waals surface area (Å²) in [4.78, 5) is 4.35. The van der Waals surface area contributed by atoms with E-state index in [1.54, 1.807) is 13.2 Å². The monoisotopic (exact) mass is 280 g/mol. The van der Waals surface area contributed by atoms with Gasteiger partial charge in [-0.15, -0.1) is 0 Å². The third kappa shape index (κ3) is 3.58. The van der Waals surface area contributed by atoms with E-state index < -0.39 is 0 Å². The molecular weight excluding hydrogens is 267 g/mol. The van der Waals surface area contributed by atoms with Crippen molar-refractivity contribution in [2.75, 3.05) is 12.4 Å². The first kappa shape index (κ1) is 13.6. The van der Waals surface area contributed by atoms with Gasteiger partial charge in [-0.1, -0.05) is 11.6 Å². The number of rotatable bonds is 4. The zero-order chi connectivity index (χ0) is 13.8. The van der Waals surface area contributed by atoms with Crippen molar-refractivity contribution in [3.05, 3.63) is 52.6 Å². The van der Waals surface area contributed by atoms with Crippen LogP contribution in [0.15, 0.2) is 30.3 Å². The van der Waals surface area contributed by atoms with E-state index in [4.69, 9.17) is 16.3 Å². The highest BCUT2D eigenvalue weighted by atomic mass is 35.5. The first-order chi connectivity index (χ1) is 9.08.